The molecule has 1 aliphatic rings. The Morgan fingerprint density at radius 1 is 1.25 bits per heavy atom. The number of carbonyl (C=O) groups excluding carboxylic acids is 1. The summed E-state index contributed by atoms with van der Waals surface area (Å²) in [5.41, 5.74) is 3.54. The predicted molar refractivity (Wildman–Crippen MR) is 100 cm³/mol. The highest BCUT2D eigenvalue weighted by molar-refractivity contribution is 8.00. The maximum atomic E-state index is 11.9. The summed E-state index contributed by atoms with van der Waals surface area (Å²) in [5, 5.41) is 7.93. The number of hydrogen-bond acceptors (Lipinski definition) is 3. The topological polar surface area (TPSA) is 46.9 Å². The van der Waals surface area contributed by atoms with Gasteiger partial charge < -0.3 is 5.32 Å². The monoisotopic (exact) mass is 343 g/mol. The lowest BCUT2D eigenvalue weighted by Crippen LogP contribution is -2.27. The Labute approximate surface area is 148 Å². The zero-order chi connectivity index (χ0) is 16.8. The van der Waals surface area contributed by atoms with Crippen LogP contribution in [0.2, 0.25) is 0 Å². The Morgan fingerprint density at radius 2 is 2.00 bits per heavy atom. The van der Waals surface area contributed by atoms with E-state index in [1.807, 2.05) is 35.9 Å². The second-order valence-corrected chi connectivity index (χ2v) is 7.71. The maximum absolute atomic E-state index is 11.9. The molecule has 0 radical (unpaired) electrons. The van der Waals surface area contributed by atoms with Gasteiger partial charge in [0.1, 0.15) is 0 Å². The number of rotatable bonds is 7. The van der Waals surface area contributed by atoms with Crippen molar-refractivity contribution in [3.8, 4) is 11.1 Å². The fraction of sp³-hybridized carbons (Fsp3) is 0.474. The van der Waals surface area contributed by atoms with E-state index >= 15 is 0 Å². The molecule has 1 aromatic heterocycles. The van der Waals surface area contributed by atoms with Crippen LogP contribution in [0.5, 0.6) is 0 Å². The number of thioether (sulfide) groups is 1. The summed E-state index contributed by atoms with van der Waals surface area (Å²) >= 11 is 1.82. The SMILES string of the molecule is Cn1cc(-c2ccc(CCNC(=O)CSC3CCCC3)cc2)cn1. The van der Waals surface area contributed by atoms with Crippen LogP contribution in [0.15, 0.2) is 36.7 Å². The average Bonchev–Trinajstić information content (AvgIpc) is 3.25. The molecule has 0 spiro atoms. The molecule has 0 aliphatic heterocycles. The number of nitrogens with one attached hydrogen (secondary N) is 1. The number of hydrogen-bond donors (Lipinski definition) is 1. The van der Waals surface area contributed by atoms with Crippen molar-refractivity contribution in [1.29, 1.82) is 0 Å². The summed E-state index contributed by atoms with van der Waals surface area (Å²) in [6, 6.07) is 8.48. The molecule has 24 heavy (non-hydrogen) atoms. The van der Waals surface area contributed by atoms with Crippen LogP contribution in [0, 0.1) is 0 Å². The van der Waals surface area contributed by atoms with Crippen molar-refractivity contribution < 1.29 is 4.79 Å². The Kier molecular flexibility index (Phi) is 5.96. The average molecular weight is 343 g/mol. The molecule has 0 unspecified atom stereocenters. The summed E-state index contributed by atoms with van der Waals surface area (Å²) < 4.78 is 1.81. The Balaban J connectivity index is 1.39. The summed E-state index contributed by atoms with van der Waals surface area (Å²) in [6.07, 6.45) is 9.97. The van der Waals surface area contributed by atoms with Crippen molar-refractivity contribution in [2.24, 2.45) is 7.05 Å². The highest BCUT2D eigenvalue weighted by Crippen LogP contribution is 2.29. The molecule has 0 bridgehead atoms. The van der Waals surface area contributed by atoms with Crippen molar-refractivity contribution >= 4 is 17.7 Å². The maximum Gasteiger partial charge on any atom is 0.230 e. The molecule has 5 heteroatoms. The fourth-order valence-corrected chi connectivity index (χ4v) is 4.24. The number of benzene rings is 1. The van der Waals surface area contributed by atoms with E-state index in [0.717, 1.165) is 12.0 Å². The smallest absolute Gasteiger partial charge is 0.230 e. The van der Waals surface area contributed by atoms with E-state index in [1.54, 1.807) is 0 Å². The molecule has 1 aromatic carbocycles. The van der Waals surface area contributed by atoms with Gasteiger partial charge in [-0.2, -0.15) is 5.10 Å². The first-order valence-corrected chi connectivity index (χ1v) is 9.72. The minimum absolute atomic E-state index is 0.166. The van der Waals surface area contributed by atoms with Gasteiger partial charge in [-0.3, -0.25) is 9.48 Å². The molecule has 0 atom stereocenters. The second-order valence-electron chi connectivity index (χ2n) is 6.42. The number of nitrogens with zero attached hydrogens (tertiary/aromatic N) is 2. The second kappa shape index (κ2) is 8.38. The van der Waals surface area contributed by atoms with E-state index in [4.69, 9.17) is 0 Å². The largest absolute Gasteiger partial charge is 0.355 e. The lowest BCUT2D eigenvalue weighted by atomic mass is 10.1. The van der Waals surface area contributed by atoms with Gasteiger partial charge in [0.15, 0.2) is 0 Å². The first kappa shape index (κ1) is 17.1. The van der Waals surface area contributed by atoms with Crippen LogP contribution in [0.3, 0.4) is 0 Å². The van der Waals surface area contributed by atoms with Gasteiger partial charge in [0, 0.05) is 30.6 Å². The van der Waals surface area contributed by atoms with Crippen LogP contribution in [0.1, 0.15) is 31.2 Å². The molecule has 128 valence electrons. The highest BCUT2D eigenvalue weighted by atomic mass is 32.2. The van der Waals surface area contributed by atoms with E-state index in [2.05, 4.69) is 34.7 Å². The molecule has 4 nitrogen and oxygen atoms in total. The molecule has 0 saturated heterocycles. The van der Waals surface area contributed by atoms with Crippen LogP contribution in [-0.4, -0.2) is 33.2 Å². The van der Waals surface area contributed by atoms with Crippen LogP contribution < -0.4 is 5.32 Å². The molecule has 1 fully saturated rings. The number of amides is 1. The van der Waals surface area contributed by atoms with E-state index in [1.165, 1.54) is 36.8 Å². The Hall–Kier alpha value is -1.75. The zero-order valence-electron chi connectivity index (χ0n) is 14.2. The molecule has 3 rings (SSSR count). The lowest BCUT2D eigenvalue weighted by molar-refractivity contribution is -0.118. The third-order valence-electron chi connectivity index (χ3n) is 4.48. The highest BCUT2D eigenvalue weighted by Gasteiger charge is 2.16. The number of aryl methyl sites for hydroxylation is 1. The molecular formula is C19H25N3OS. The van der Waals surface area contributed by atoms with E-state index in [9.17, 15) is 4.79 Å². The third kappa shape index (κ3) is 4.87. The quantitative estimate of drug-likeness (QED) is 0.838. The van der Waals surface area contributed by atoms with Crippen molar-refractivity contribution in [2.75, 3.05) is 12.3 Å². The number of carbonyl (C=O) groups is 1. The Morgan fingerprint density at radius 3 is 2.67 bits per heavy atom. The van der Waals surface area contributed by atoms with Gasteiger partial charge in [-0.15, -0.1) is 11.8 Å². The van der Waals surface area contributed by atoms with Crippen molar-refractivity contribution in [1.82, 2.24) is 15.1 Å². The molecule has 1 saturated carbocycles. The minimum atomic E-state index is 0.166. The molecular weight excluding hydrogens is 318 g/mol. The van der Waals surface area contributed by atoms with Gasteiger partial charge >= 0.3 is 0 Å². The summed E-state index contributed by atoms with van der Waals surface area (Å²) in [6.45, 7) is 0.705. The summed E-state index contributed by atoms with van der Waals surface area (Å²) in [4.78, 5) is 11.9. The summed E-state index contributed by atoms with van der Waals surface area (Å²) in [7, 11) is 1.92. The lowest BCUT2D eigenvalue weighted by Gasteiger charge is -2.09. The minimum Gasteiger partial charge on any atom is -0.355 e. The van der Waals surface area contributed by atoms with Gasteiger partial charge in [0.2, 0.25) is 5.91 Å². The molecule has 1 aliphatic carbocycles. The zero-order valence-corrected chi connectivity index (χ0v) is 15.0. The van der Waals surface area contributed by atoms with E-state index in [-0.39, 0.29) is 5.91 Å². The predicted octanol–water partition coefficient (Wildman–Crippen LogP) is 3.42. The first-order valence-electron chi connectivity index (χ1n) is 8.67. The van der Waals surface area contributed by atoms with Gasteiger partial charge in [0.25, 0.3) is 0 Å². The summed E-state index contributed by atoms with van der Waals surface area (Å²) in [5.74, 6) is 0.767. The van der Waals surface area contributed by atoms with Crippen LogP contribution >= 0.6 is 11.8 Å². The molecule has 2 aromatic rings. The van der Waals surface area contributed by atoms with E-state index < -0.39 is 0 Å². The van der Waals surface area contributed by atoms with Gasteiger partial charge in [-0.05, 0) is 30.4 Å². The van der Waals surface area contributed by atoms with Gasteiger partial charge in [-0.1, -0.05) is 37.1 Å². The Bertz CT molecular complexity index is 660. The molecule has 1 heterocycles. The first-order chi connectivity index (χ1) is 11.7. The van der Waals surface area contributed by atoms with Crippen molar-refractivity contribution in [2.45, 2.75) is 37.4 Å². The van der Waals surface area contributed by atoms with Crippen molar-refractivity contribution in [3.63, 3.8) is 0 Å². The van der Waals surface area contributed by atoms with Crippen LogP contribution in [0.25, 0.3) is 11.1 Å². The standard InChI is InChI=1S/C19H25N3OS/c1-22-13-17(12-21-22)16-8-6-15(7-9-16)10-11-20-19(23)14-24-18-4-2-3-5-18/h6-9,12-13,18H,2-5,10-11,14H2,1H3,(H,20,23). The van der Waals surface area contributed by atoms with Gasteiger partial charge in [0.05, 0.1) is 11.9 Å². The normalized spacial score (nSPS) is 14.9. The third-order valence-corrected chi connectivity index (χ3v) is 5.85. The van der Waals surface area contributed by atoms with Crippen LogP contribution in [-0.2, 0) is 18.3 Å². The van der Waals surface area contributed by atoms with Crippen molar-refractivity contribution in [3.05, 3.63) is 42.2 Å². The molecule has 1 amide bonds. The van der Waals surface area contributed by atoms with Crippen LogP contribution in [0.4, 0.5) is 0 Å². The van der Waals surface area contributed by atoms with E-state index in [0.29, 0.717) is 17.5 Å². The fourth-order valence-electron chi connectivity index (χ4n) is 3.08. The van der Waals surface area contributed by atoms with Gasteiger partial charge in [-0.25, -0.2) is 0 Å². The number of aromatic nitrogens is 2. The molecule has 1 N–H and O–H groups in total.